The number of nitrogen functional groups attached to an aromatic ring is 2. The van der Waals surface area contributed by atoms with E-state index >= 15 is 0 Å². The second-order valence-electron chi connectivity index (χ2n) is 13.2. The van der Waals surface area contributed by atoms with Crippen LogP contribution in [0.2, 0.25) is 0 Å². The van der Waals surface area contributed by atoms with Crippen molar-refractivity contribution >= 4 is 11.4 Å². The average Bonchev–Trinajstić information content (AvgIpc) is 3.05. The highest BCUT2D eigenvalue weighted by atomic mass is 14.5. The van der Waals surface area contributed by atoms with Crippen LogP contribution in [0.25, 0.3) is 0 Å². The first kappa shape index (κ1) is 34.4. The van der Waals surface area contributed by atoms with Gasteiger partial charge >= 0.3 is 0 Å². The van der Waals surface area contributed by atoms with Crippen LogP contribution < -0.4 is 11.5 Å². The van der Waals surface area contributed by atoms with E-state index in [0.29, 0.717) is 0 Å². The first-order valence-corrected chi connectivity index (χ1v) is 17.9. The summed E-state index contributed by atoms with van der Waals surface area (Å²) < 4.78 is 0. The molecule has 0 fully saturated rings. The van der Waals surface area contributed by atoms with Gasteiger partial charge in [0.05, 0.1) is 0 Å². The Bertz CT molecular complexity index is 1290. The molecule has 4 rings (SSSR count). The summed E-state index contributed by atoms with van der Waals surface area (Å²) in [6, 6.07) is 31.4. The fourth-order valence-corrected chi connectivity index (χ4v) is 6.51. The fraction of sp³-hybridized carbons (Fsp3) is 0.442. The molecule has 45 heavy (non-hydrogen) atoms. The zero-order valence-electron chi connectivity index (χ0n) is 28.3. The molecule has 0 saturated heterocycles. The van der Waals surface area contributed by atoms with Gasteiger partial charge in [-0.3, -0.25) is 0 Å². The van der Waals surface area contributed by atoms with Gasteiger partial charge in [-0.1, -0.05) is 119 Å². The van der Waals surface area contributed by atoms with Gasteiger partial charge in [0.1, 0.15) is 0 Å². The zero-order chi connectivity index (χ0) is 31.7. The van der Waals surface area contributed by atoms with Gasteiger partial charge in [-0.05, 0) is 133 Å². The molecule has 2 nitrogen and oxygen atoms in total. The number of unbranched alkanes of at least 4 members (excludes halogenated alkanes) is 8. The van der Waals surface area contributed by atoms with E-state index in [1.807, 2.05) is 24.3 Å². The van der Waals surface area contributed by atoms with Gasteiger partial charge in [-0.15, -0.1) is 0 Å². The van der Waals surface area contributed by atoms with E-state index in [0.717, 1.165) is 24.2 Å². The minimum Gasteiger partial charge on any atom is -0.399 e. The SMILES string of the molecule is CCCCCCc1cc(CCCCCc2ccc(Cc3ccc(N)cc3)c(CCCCCC)c2)ccc1Cc1ccc(N)cc1. The van der Waals surface area contributed by atoms with Crippen LogP contribution in [0.5, 0.6) is 0 Å². The summed E-state index contributed by atoms with van der Waals surface area (Å²) in [5.41, 5.74) is 25.3. The van der Waals surface area contributed by atoms with Gasteiger partial charge in [0.2, 0.25) is 0 Å². The van der Waals surface area contributed by atoms with Crippen LogP contribution in [0.3, 0.4) is 0 Å². The largest absolute Gasteiger partial charge is 0.399 e. The number of hydrogen-bond acceptors (Lipinski definition) is 2. The minimum atomic E-state index is 0.836. The smallest absolute Gasteiger partial charge is 0.0314 e. The summed E-state index contributed by atoms with van der Waals surface area (Å²) >= 11 is 0. The third kappa shape index (κ3) is 12.1. The molecule has 0 aliphatic rings. The Labute approximate surface area is 274 Å². The fourth-order valence-electron chi connectivity index (χ4n) is 6.51. The van der Waals surface area contributed by atoms with E-state index in [9.17, 15) is 0 Å². The number of nitrogens with two attached hydrogens (primary N) is 2. The molecule has 0 aliphatic heterocycles. The van der Waals surface area contributed by atoms with Gasteiger partial charge < -0.3 is 11.5 Å². The summed E-state index contributed by atoms with van der Waals surface area (Å²) in [5, 5.41) is 0. The summed E-state index contributed by atoms with van der Waals surface area (Å²) in [5.74, 6) is 0. The van der Waals surface area contributed by atoms with Crippen molar-refractivity contribution in [2.75, 3.05) is 11.5 Å². The van der Waals surface area contributed by atoms with Gasteiger partial charge in [0.25, 0.3) is 0 Å². The maximum Gasteiger partial charge on any atom is 0.0314 e. The lowest BCUT2D eigenvalue weighted by Crippen LogP contribution is -2.00. The van der Waals surface area contributed by atoms with E-state index < -0.39 is 0 Å². The number of anilines is 2. The molecule has 0 aliphatic carbocycles. The zero-order valence-corrected chi connectivity index (χ0v) is 28.3. The first-order chi connectivity index (χ1) is 22.0. The summed E-state index contributed by atoms with van der Waals surface area (Å²) in [6.07, 6.45) is 20.9. The Morgan fingerprint density at radius 1 is 0.356 bits per heavy atom. The molecule has 0 unspecified atom stereocenters. The maximum absolute atomic E-state index is 5.93. The minimum absolute atomic E-state index is 0.836. The van der Waals surface area contributed by atoms with Crippen molar-refractivity contribution in [1.29, 1.82) is 0 Å². The Morgan fingerprint density at radius 2 is 0.711 bits per heavy atom. The molecule has 4 aromatic carbocycles. The molecule has 0 aromatic heterocycles. The van der Waals surface area contributed by atoms with Crippen LogP contribution in [-0.4, -0.2) is 0 Å². The average molecular weight is 603 g/mol. The molecule has 0 bridgehead atoms. The van der Waals surface area contributed by atoms with E-state index in [1.165, 1.54) is 130 Å². The van der Waals surface area contributed by atoms with Crippen molar-refractivity contribution in [2.24, 2.45) is 0 Å². The van der Waals surface area contributed by atoms with Crippen molar-refractivity contribution in [2.45, 2.75) is 123 Å². The Morgan fingerprint density at radius 3 is 1.11 bits per heavy atom. The lowest BCUT2D eigenvalue weighted by molar-refractivity contribution is 0.660. The Balaban J connectivity index is 1.31. The van der Waals surface area contributed by atoms with E-state index in [2.05, 4.69) is 74.5 Å². The van der Waals surface area contributed by atoms with Gasteiger partial charge in [-0.2, -0.15) is 0 Å². The number of aryl methyl sites for hydroxylation is 4. The predicted molar refractivity (Wildman–Crippen MR) is 197 cm³/mol. The Kier molecular flexibility index (Phi) is 14.6. The molecule has 0 amide bonds. The van der Waals surface area contributed by atoms with Gasteiger partial charge in [0, 0.05) is 11.4 Å². The number of benzene rings is 4. The number of hydrogen-bond donors (Lipinski definition) is 2. The van der Waals surface area contributed by atoms with Crippen molar-refractivity contribution < 1.29 is 0 Å². The lowest BCUT2D eigenvalue weighted by Gasteiger charge is -2.14. The van der Waals surface area contributed by atoms with Gasteiger partial charge in [-0.25, -0.2) is 0 Å². The van der Waals surface area contributed by atoms with Crippen LogP contribution in [0, 0.1) is 0 Å². The molecule has 4 aromatic rings. The van der Waals surface area contributed by atoms with E-state index in [-0.39, 0.29) is 0 Å². The molecule has 0 saturated carbocycles. The lowest BCUT2D eigenvalue weighted by atomic mass is 9.92. The normalized spacial score (nSPS) is 11.2. The van der Waals surface area contributed by atoms with Crippen molar-refractivity contribution in [3.05, 3.63) is 129 Å². The van der Waals surface area contributed by atoms with E-state index in [4.69, 9.17) is 11.5 Å². The summed E-state index contributed by atoms with van der Waals surface area (Å²) in [7, 11) is 0. The first-order valence-electron chi connectivity index (χ1n) is 17.9. The van der Waals surface area contributed by atoms with Crippen molar-refractivity contribution in [1.82, 2.24) is 0 Å². The molecule has 0 radical (unpaired) electrons. The molecular weight excluding hydrogens is 544 g/mol. The molecule has 0 atom stereocenters. The van der Waals surface area contributed by atoms with Crippen molar-refractivity contribution in [3.63, 3.8) is 0 Å². The molecule has 0 heterocycles. The highest BCUT2D eigenvalue weighted by molar-refractivity contribution is 5.43. The molecule has 4 N–H and O–H groups in total. The molecule has 2 heteroatoms. The monoisotopic (exact) mass is 602 g/mol. The molecule has 240 valence electrons. The van der Waals surface area contributed by atoms with Crippen molar-refractivity contribution in [3.8, 4) is 0 Å². The third-order valence-electron chi connectivity index (χ3n) is 9.32. The van der Waals surface area contributed by atoms with Crippen LogP contribution in [0.4, 0.5) is 11.4 Å². The quantitative estimate of drug-likeness (QED) is 0.0781. The predicted octanol–water partition coefficient (Wildman–Crippen LogP) is 11.2. The maximum atomic E-state index is 5.93. The van der Waals surface area contributed by atoms with E-state index in [1.54, 1.807) is 11.1 Å². The molecule has 0 spiro atoms. The standard InChI is InChI=1S/C43H58N2/c1-3-5-7-12-16-38-30-34(18-24-40(38)32-36-20-26-42(44)27-21-36)14-10-9-11-15-35-19-25-41(33-37-22-28-43(45)29-23-37)39(31-35)17-13-8-6-4-2/h18-31H,3-17,32-33,44-45H2,1-2H3. The Hall–Kier alpha value is -3.52. The second-order valence-corrected chi connectivity index (χ2v) is 13.2. The van der Waals surface area contributed by atoms with Crippen LogP contribution in [0.1, 0.15) is 129 Å². The third-order valence-corrected chi connectivity index (χ3v) is 9.32. The topological polar surface area (TPSA) is 52.0 Å². The van der Waals surface area contributed by atoms with Gasteiger partial charge in [0.15, 0.2) is 0 Å². The summed E-state index contributed by atoms with van der Waals surface area (Å²) in [6.45, 7) is 4.58. The second kappa shape index (κ2) is 19.1. The highest BCUT2D eigenvalue weighted by Crippen LogP contribution is 2.23. The highest BCUT2D eigenvalue weighted by Gasteiger charge is 2.09. The number of rotatable bonds is 20. The van der Waals surface area contributed by atoms with Crippen LogP contribution in [0.15, 0.2) is 84.9 Å². The van der Waals surface area contributed by atoms with Crippen LogP contribution >= 0.6 is 0 Å². The summed E-state index contributed by atoms with van der Waals surface area (Å²) in [4.78, 5) is 0. The molecular formula is C43H58N2. The van der Waals surface area contributed by atoms with Crippen LogP contribution in [-0.2, 0) is 38.5 Å².